The number of carbonyl (C=O) groups excluding carboxylic acids is 4. The van der Waals surface area contributed by atoms with Crippen molar-refractivity contribution < 1.29 is 38.1 Å². The van der Waals surface area contributed by atoms with Crippen LogP contribution in [0.4, 0.5) is 9.59 Å². The molecule has 4 fully saturated rings. The van der Waals surface area contributed by atoms with E-state index >= 15 is 0 Å². The van der Waals surface area contributed by atoms with Crippen LogP contribution in [0.25, 0.3) is 39.4 Å². The molecule has 5 aromatic rings. The van der Waals surface area contributed by atoms with Gasteiger partial charge >= 0.3 is 12.2 Å². The van der Waals surface area contributed by atoms with Gasteiger partial charge in [-0.1, -0.05) is 46.9 Å². The number of rotatable bonds is 11. The SMILES string of the molecule is COC(=O)N[C@H](C(=O)N1[C@@H](C)CC[C@H]1c1nc(-c2ccc(-c3cnc(-c4c[nH]c([C@@H]5CC[C@H](C)N5C(=O)[C@@H](NC(=O)OC)[C@@]5(I)C[C@@H](C)O[C@@H](C)C5)n4)c4cccn34)cc2)c[nH]1)[C@H]1C[C@@H](C)O[C@@H](C)C1. The van der Waals surface area contributed by atoms with E-state index in [2.05, 4.69) is 59.7 Å². The van der Waals surface area contributed by atoms with Crippen LogP contribution < -0.4 is 10.6 Å². The van der Waals surface area contributed by atoms with Crippen LogP contribution in [0, 0.1) is 5.92 Å². The molecule has 12 atom stereocenters. The molecule has 374 valence electrons. The number of hydrogen-bond acceptors (Lipinski definition) is 11. The number of aromatic amines is 2. The van der Waals surface area contributed by atoms with E-state index in [0.717, 1.165) is 47.3 Å². The number of nitrogens with zero attached hydrogens (tertiary/aromatic N) is 6. The zero-order chi connectivity index (χ0) is 49.6. The highest BCUT2D eigenvalue weighted by molar-refractivity contribution is 14.1. The highest BCUT2D eigenvalue weighted by Gasteiger charge is 2.51. The number of methoxy groups -OCH3 is 2. The molecule has 70 heavy (non-hydrogen) atoms. The summed E-state index contributed by atoms with van der Waals surface area (Å²) < 4.78 is 23.5. The smallest absolute Gasteiger partial charge is 0.407 e. The van der Waals surface area contributed by atoms with Crippen molar-refractivity contribution in [1.29, 1.82) is 0 Å². The number of alkyl halides is 1. The molecular formula is C51H65IN10O8. The van der Waals surface area contributed by atoms with Gasteiger partial charge in [0.25, 0.3) is 0 Å². The fraction of sp³-hybridized carbons (Fsp3) is 0.549. The van der Waals surface area contributed by atoms with Crippen molar-refractivity contribution in [2.24, 2.45) is 5.92 Å². The molecule has 4 N–H and O–H groups in total. The third-order valence-corrected chi connectivity index (χ3v) is 16.3. The van der Waals surface area contributed by atoms with Gasteiger partial charge in [0.2, 0.25) is 11.8 Å². The standard InChI is InChI=1S/C51H65IN10O8/c1-27-11-17-39(61(27)47(63)42(58-49(65)67-7)35-20-29(3)69-30(4)21-35)45-54-24-36(56-45)33-13-15-34(16-14-33)41-26-53-43(38-10-9-19-60(38)41)37-25-55-46(57-37)40-18-12-28(2)62(40)48(64)44(59-50(66)68-8)51(52)22-31(5)70-32(6)23-51/h9-10,13-16,19,24-32,35,39-40,42,44H,11-12,17-18,20-23H2,1-8H3,(H,54,56)(H,55,57)(H,58,65)(H,59,66)/t27-,28-,29-,30+,31-,32+,35+,39-,40-,42-,44+,51-/m0/s1. The monoisotopic (exact) mass is 1070 g/mol. The highest BCUT2D eigenvalue weighted by Crippen LogP contribution is 2.44. The Hall–Kier alpha value is -5.54. The number of aromatic nitrogens is 6. The predicted octanol–water partition coefficient (Wildman–Crippen LogP) is 8.30. The van der Waals surface area contributed by atoms with Crippen molar-refractivity contribution >= 4 is 52.1 Å². The highest BCUT2D eigenvalue weighted by atomic mass is 127. The lowest BCUT2D eigenvalue weighted by atomic mass is 9.85. The van der Waals surface area contributed by atoms with E-state index in [-0.39, 0.29) is 66.3 Å². The average Bonchev–Trinajstić information content (AvgIpc) is 4.19. The lowest BCUT2D eigenvalue weighted by Crippen LogP contribution is -2.62. The third-order valence-electron chi connectivity index (χ3n) is 14.8. The van der Waals surface area contributed by atoms with Gasteiger partial charge in [0.1, 0.15) is 35.1 Å². The summed E-state index contributed by atoms with van der Waals surface area (Å²) >= 11 is 2.35. The Balaban J connectivity index is 0.922. The van der Waals surface area contributed by atoms with Crippen LogP contribution in [0.2, 0.25) is 0 Å². The zero-order valence-corrected chi connectivity index (χ0v) is 43.3. The number of nitrogens with one attached hydrogen (secondary N) is 4. The topological polar surface area (TPSA) is 210 Å². The first kappa shape index (κ1) is 49.4. The maximum Gasteiger partial charge on any atom is 0.407 e. The van der Waals surface area contributed by atoms with Crippen LogP contribution in [-0.2, 0) is 28.5 Å². The molecule has 9 rings (SSSR count). The third kappa shape index (κ3) is 9.76. The summed E-state index contributed by atoms with van der Waals surface area (Å²) in [7, 11) is 2.62. The van der Waals surface area contributed by atoms with E-state index in [1.165, 1.54) is 14.2 Å². The second-order valence-electron chi connectivity index (χ2n) is 19.9. The second kappa shape index (κ2) is 20.3. The molecule has 0 radical (unpaired) electrons. The number of halogens is 1. The van der Waals surface area contributed by atoms with Crippen LogP contribution in [-0.4, -0.2) is 129 Å². The molecule has 0 bridgehead atoms. The molecule has 4 saturated heterocycles. The number of amides is 4. The normalized spacial score (nSPS) is 28.9. The molecule has 19 heteroatoms. The van der Waals surface area contributed by atoms with Gasteiger partial charge in [-0.05, 0) is 111 Å². The molecular weight excluding hydrogens is 1010 g/mol. The van der Waals surface area contributed by atoms with E-state index in [0.29, 0.717) is 55.1 Å². The molecule has 0 unspecified atom stereocenters. The summed E-state index contributed by atoms with van der Waals surface area (Å²) in [5, 5.41) is 5.79. The van der Waals surface area contributed by atoms with Crippen molar-refractivity contribution in [3.8, 4) is 33.9 Å². The van der Waals surface area contributed by atoms with Gasteiger partial charge in [-0.25, -0.2) is 19.6 Å². The van der Waals surface area contributed by atoms with E-state index in [4.69, 9.17) is 33.9 Å². The Kier molecular flexibility index (Phi) is 14.3. The van der Waals surface area contributed by atoms with Crippen molar-refractivity contribution in [2.75, 3.05) is 14.2 Å². The molecule has 8 heterocycles. The van der Waals surface area contributed by atoms with E-state index in [1.54, 1.807) is 0 Å². The van der Waals surface area contributed by atoms with Gasteiger partial charge in [0.05, 0.1) is 77.2 Å². The van der Waals surface area contributed by atoms with Gasteiger partial charge in [-0.15, -0.1) is 0 Å². The largest absolute Gasteiger partial charge is 0.453 e. The number of imidazole rings is 2. The van der Waals surface area contributed by atoms with Crippen LogP contribution in [0.5, 0.6) is 0 Å². The lowest BCUT2D eigenvalue weighted by molar-refractivity contribution is -0.140. The zero-order valence-electron chi connectivity index (χ0n) is 41.1. The summed E-state index contributed by atoms with van der Waals surface area (Å²) in [6.07, 6.45) is 11.6. The first-order chi connectivity index (χ1) is 33.5. The number of H-pyrrole nitrogens is 2. The molecule has 1 aromatic carbocycles. The van der Waals surface area contributed by atoms with E-state index in [9.17, 15) is 19.2 Å². The fourth-order valence-corrected chi connectivity index (χ4v) is 13.4. The van der Waals surface area contributed by atoms with Crippen LogP contribution in [0.3, 0.4) is 0 Å². The molecule has 4 amide bonds. The Morgan fingerprint density at radius 2 is 1.27 bits per heavy atom. The Bertz CT molecular complexity index is 2680. The van der Waals surface area contributed by atoms with Crippen molar-refractivity contribution in [1.82, 2.24) is 49.8 Å². The Morgan fingerprint density at radius 3 is 1.89 bits per heavy atom. The van der Waals surface area contributed by atoms with Gasteiger partial charge < -0.3 is 53.7 Å². The molecule has 0 saturated carbocycles. The maximum absolute atomic E-state index is 14.7. The van der Waals surface area contributed by atoms with Crippen molar-refractivity contribution in [3.63, 3.8) is 0 Å². The van der Waals surface area contributed by atoms with E-state index in [1.807, 2.05) is 100 Å². The summed E-state index contributed by atoms with van der Waals surface area (Å²) in [5.74, 6) is 0.961. The molecule has 4 aliphatic rings. The maximum atomic E-state index is 14.7. The summed E-state index contributed by atoms with van der Waals surface area (Å²) in [6.45, 7) is 12.1. The second-order valence-corrected chi connectivity index (χ2v) is 22.1. The average molecular weight is 1070 g/mol. The summed E-state index contributed by atoms with van der Waals surface area (Å²) in [5.41, 5.74) is 5.74. The number of alkyl carbamates (subject to hydrolysis) is 2. The minimum absolute atomic E-state index is 0.0340. The first-order valence-electron chi connectivity index (χ1n) is 24.6. The van der Waals surface area contributed by atoms with Gasteiger partial charge in [0.15, 0.2) is 0 Å². The number of fused-ring (bicyclic) bond motifs is 1. The predicted molar refractivity (Wildman–Crippen MR) is 270 cm³/mol. The molecule has 4 aromatic heterocycles. The lowest BCUT2D eigenvalue weighted by Gasteiger charge is -2.45. The molecule has 0 spiro atoms. The molecule has 4 aliphatic heterocycles. The number of benzene rings is 1. The van der Waals surface area contributed by atoms with Gasteiger partial charge in [-0.3, -0.25) is 14.6 Å². The minimum Gasteiger partial charge on any atom is -0.453 e. The summed E-state index contributed by atoms with van der Waals surface area (Å²) in [6, 6.07) is 9.85. The summed E-state index contributed by atoms with van der Waals surface area (Å²) in [4.78, 5) is 80.2. The van der Waals surface area contributed by atoms with Crippen LogP contribution in [0.1, 0.15) is 117 Å². The number of hydrogen-bond donors (Lipinski definition) is 4. The fourth-order valence-electron chi connectivity index (χ4n) is 11.8. The number of ether oxygens (including phenoxy) is 4. The van der Waals surface area contributed by atoms with Crippen LogP contribution >= 0.6 is 22.6 Å². The number of carbonyl (C=O) groups is 4. The van der Waals surface area contributed by atoms with Gasteiger partial charge in [0, 0.05) is 41.8 Å². The quantitative estimate of drug-likeness (QED) is 0.0730. The molecule has 0 aliphatic carbocycles. The Labute approximate surface area is 421 Å². The van der Waals surface area contributed by atoms with Crippen molar-refractivity contribution in [3.05, 3.63) is 72.8 Å². The van der Waals surface area contributed by atoms with E-state index < -0.39 is 27.7 Å². The van der Waals surface area contributed by atoms with Crippen LogP contribution in [0.15, 0.2) is 61.2 Å². The van der Waals surface area contributed by atoms with Crippen molar-refractivity contribution in [2.45, 2.75) is 157 Å². The first-order valence-corrected chi connectivity index (χ1v) is 25.6. The Morgan fingerprint density at radius 1 is 0.729 bits per heavy atom. The molecule has 18 nitrogen and oxygen atoms in total. The number of likely N-dealkylation sites (tertiary alicyclic amines) is 2. The van der Waals surface area contributed by atoms with Gasteiger partial charge in [-0.2, -0.15) is 0 Å². The minimum atomic E-state index is -0.829.